The molecule has 4 spiro atoms. The highest BCUT2D eigenvalue weighted by atomic mass is 79.9. The molecule has 0 saturated carbocycles. The Hall–Kier alpha value is -10.9. The molecule has 1 nitrogen and oxygen atoms in total. The maximum atomic E-state index is 16.6. The molecule has 0 amide bonds. The third kappa shape index (κ3) is 7.21. The topological polar surface area (TPSA) is 17.1 Å². The van der Waals surface area contributed by atoms with Crippen LogP contribution in [0.3, 0.4) is 0 Å². The molecule has 5 heteroatoms. The number of hydrogen-bond donors (Lipinski definition) is 0. The average molecular weight is 1600 g/mol. The van der Waals surface area contributed by atoms with E-state index >= 15 is 4.79 Å². The van der Waals surface area contributed by atoms with Crippen molar-refractivity contribution in [2.75, 3.05) is 0 Å². The summed E-state index contributed by atoms with van der Waals surface area (Å²) >= 11 is 15.9. The lowest BCUT2D eigenvalue weighted by atomic mass is 9.67. The van der Waals surface area contributed by atoms with Gasteiger partial charge in [-0.3, -0.25) is 4.79 Å². The molecule has 2 atom stereocenters. The van der Waals surface area contributed by atoms with Crippen LogP contribution in [0.25, 0.3) is 111 Å². The molecule has 0 radical (unpaired) electrons. The fraction of sp³-hybridized carbons (Fsp3) is 0.0396. The van der Waals surface area contributed by atoms with Crippen LogP contribution in [-0.2, 0) is 21.7 Å². The zero-order chi connectivity index (χ0) is 70.0. The summed E-state index contributed by atoms with van der Waals surface area (Å²) in [4.78, 5) is 16.6. The van der Waals surface area contributed by atoms with Gasteiger partial charge in [-0.05, 0) is 273 Å². The molecule has 0 saturated heterocycles. The fourth-order valence-electron chi connectivity index (χ4n) is 21.9. The molecule has 0 fully saturated rings. The van der Waals surface area contributed by atoms with Crippen LogP contribution < -0.4 is 0 Å². The molecule has 16 aromatic rings. The van der Waals surface area contributed by atoms with Crippen LogP contribution in [0.4, 0.5) is 0 Å². The number of rotatable bonds is 4. The van der Waals surface area contributed by atoms with Crippen LogP contribution in [0.2, 0.25) is 0 Å². The van der Waals surface area contributed by atoms with Gasteiger partial charge in [0.15, 0.2) is 5.78 Å². The van der Waals surface area contributed by atoms with E-state index in [0.29, 0.717) is 11.1 Å². The Morgan fingerprint density at radius 2 is 0.396 bits per heavy atom. The molecule has 24 rings (SSSR count). The molecule has 8 aliphatic carbocycles. The molecule has 0 N–H and O–H groups in total. The third-order valence-electron chi connectivity index (χ3n) is 25.6. The Labute approximate surface area is 647 Å². The molecule has 106 heavy (non-hydrogen) atoms. The zero-order valence-electron chi connectivity index (χ0n) is 56.6. The van der Waals surface area contributed by atoms with Gasteiger partial charge in [-0.2, -0.15) is 0 Å². The van der Waals surface area contributed by atoms with Crippen molar-refractivity contribution in [3.63, 3.8) is 0 Å². The standard InChI is InChI=1S/C101H54Br4O/c102-59-35-43-75-76-44-36-60(103)52-92(76)98(91(75)51-59)81-25-7-1-15-65(81)71-39-31-55(47-87(71)98)63-21-13-23-79-69-19-5-11-29-85(69)100(95(63)79)83-27-9-3-17-67(83)73-41-33-57(49-89(73)100)97(106)58-34-42-74-68-18-4-10-28-84(68)101(90(74)50-58)86-30-12-6-20-70(86)80-24-14-22-64(96(80)101)56-32-40-72-66-16-2-8-26-82(66)99(88(72)48-56)93-53-61(104)37-45-77(93)78-46-38-62(105)54-94(78)99/h1-54H. The molecular formula is C101H54Br4O. The van der Waals surface area contributed by atoms with Gasteiger partial charge in [0.25, 0.3) is 0 Å². The van der Waals surface area contributed by atoms with E-state index in [1.807, 2.05) is 0 Å². The van der Waals surface area contributed by atoms with Gasteiger partial charge in [0.05, 0.1) is 21.7 Å². The molecule has 0 bridgehead atoms. The molecule has 2 unspecified atom stereocenters. The smallest absolute Gasteiger partial charge is 0.193 e. The molecule has 0 aliphatic heterocycles. The van der Waals surface area contributed by atoms with Crippen LogP contribution in [0.5, 0.6) is 0 Å². The van der Waals surface area contributed by atoms with E-state index in [9.17, 15) is 0 Å². The van der Waals surface area contributed by atoms with Crippen molar-refractivity contribution in [2.24, 2.45) is 0 Å². The van der Waals surface area contributed by atoms with Crippen molar-refractivity contribution in [1.82, 2.24) is 0 Å². The second kappa shape index (κ2) is 21.2. The summed E-state index contributed by atoms with van der Waals surface area (Å²) in [6, 6.07) is 123. The molecule has 492 valence electrons. The summed E-state index contributed by atoms with van der Waals surface area (Å²) in [6.07, 6.45) is 0. The monoisotopic (exact) mass is 1600 g/mol. The van der Waals surface area contributed by atoms with Crippen LogP contribution in [0, 0.1) is 0 Å². The lowest BCUT2D eigenvalue weighted by Crippen LogP contribution is -2.27. The summed E-state index contributed by atoms with van der Waals surface area (Å²) in [7, 11) is 0. The van der Waals surface area contributed by atoms with Crippen molar-refractivity contribution in [2.45, 2.75) is 21.7 Å². The quantitative estimate of drug-likeness (QED) is 0.161. The Kier molecular flexibility index (Phi) is 12.1. The summed E-state index contributed by atoms with van der Waals surface area (Å²) in [5, 5.41) is 0. The highest BCUT2D eigenvalue weighted by Gasteiger charge is 2.58. The van der Waals surface area contributed by atoms with Gasteiger partial charge < -0.3 is 0 Å². The fourth-order valence-corrected chi connectivity index (χ4v) is 23.4. The summed E-state index contributed by atoms with van der Waals surface area (Å²) in [5.41, 5.74) is 42.5. The summed E-state index contributed by atoms with van der Waals surface area (Å²) in [6.45, 7) is 0. The van der Waals surface area contributed by atoms with Gasteiger partial charge in [0.1, 0.15) is 0 Å². The SMILES string of the molecule is O=C(c1ccc2c(c1)C1(c3ccccc3-2)c2ccccc2-c2cccc(-c3ccc4c(c3)C3(c5ccccc5-4)c4cc(Br)ccc4-c4ccc(Br)cc43)c21)c1ccc2c(c1)C1(c3ccccc3-2)c2ccccc2-c2cccc(-c3ccc4c(c3)C3(c5ccccc5-4)c4cc(Br)ccc4-c4ccc(Br)cc43)c21. The van der Waals surface area contributed by atoms with Gasteiger partial charge in [0, 0.05) is 29.0 Å². The maximum Gasteiger partial charge on any atom is 0.193 e. The predicted octanol–water partition coefficient (Wildman–Crippen LogP) is 26.7. The Bertz CT molecular complexity index is 6290. The Morgan fingerprint density at radius 1 is 0.179 bits per heavy atom. The lowest BCUT2D eigenvalue weighted by molar-refractivity contribution is 0.103. The van der Waals surface area contributed by atoms with Crippen molar-refractivity contribution >= 4 is 69.5 Å². The van der Waals surface area contributed by atoms with Crippen molar-refractivity contribution in [3.8, 4) is 111 Å². The maximum absolute atomic E-state index is 16.6. The zero-order valence-corrected chi connectivity index (χ0v) is 62.9. The van der Waals surface area contributed by atoms with Gasteiger partial charge in [-0.25, -0.2) is 0 Å². The number of benzene rings is 16. The van der Waals surface area contributed by atoms with Crippen LogP contribution in [0.15, 0.2) is 345 Å². The minimum atomic E-state index is -0.789. The summed E-state index contributed by atoms with van der Waals surface area (Å²) in [5.74, 6) is -0.0137. The molecule has 0 heterocycles. The first kappa shape index (κ1) is 60.4. The first-order valence-corrected chi connectivity index (χ1v) is 39.5. The predicted molar refractivity (Wildman–Crippen MR) is 443 cm³/mol. The van der Waals surface area contributed by atoms with E-state index in [4.69, 9.17) is 0 Å². The number of hydrogen-bond acceptors (Lipinski definition) is 1. The van der Waals surface area contributed by atoms with E-state index < -0.39 is 21.7 Å². The number of carbonyl (C=O) groups excluding carboxylic acids is 1. The molecule has 16 aromatic carbocycles. The van der Waals surface area contributed by atoms with Crippen LogP contribution in [0.1, 0.15) is 105 Å². The van der Waals surface area contributed by atoms with Gasteiger partial charge in [0.2, 0.25) is 0 Å². The van der Waals surface area contributed by atoms with E-state index in [1.54, 1.807) is 0 Å². The Balaban J connectivity index is 0.691. The number of carbonyl (C=O) groups is 1. The average Bonchev–Trinajstić information content (AvgIpc) is 1.53. The number of ketones is 1. The minimum absolute atomic E-state index is 0.0137. The van der Waals surface area contributed by atoms with Crippen LogP contribution >= 0.6 is 63.7 Å². The van der Waals surface area contributed by atoms with E-state index in [2.05, 4.69) is 391 Å². The third-order valence-corrected chi connectivity index (χ3v) is 27.5. The van der Waals surface area contributed by atoms with Crippen molar-refractivity contribution in [3.05, 3.63) is 446 Å². The Morgan fingerprint density at radius 3 is 0.708 bits per heavy atom. The van der Waals surface area contributed by atoms with Gasteiger partial charge >= 0.3 is 0 Å². The van der Waals surface area contributed by atoms with Crippen LogP contribution in [-0.4, -0.2) is 5.78 Å². The molecule has 8 aliphatic rings. The lowest BCUT2D eigenvalue weighted by Gasteiger charge is -2.33. The minimum Gasteiger partial charge on any atom is -0.289 e. The van der Waals surface area contributed by atoms with E-state index in [-0.39, 0.29) is 5.78 Å². The molecule has 0 aromatic heterocycles. The van der Waals surface area contributed by atoms with Crippen molar-refractivity contribution < 1.29 is 4.79 Å². The largest absolute Gasteiger partial charge is 0.289 e. The summed E-state index contributed by atoms with van der Waals surface area (Å²) < 4.78 is 4.22. The number of fused-ring (bicyclic) bond motifs is 40. The first-order valence-electron chi connectivity index (χ1n) is 36.3. The second-order valence-corrected chi connectivity index (χ2v) is 33.5. The highest BCUT2D eigenvalue weighted by molar-refractivity contribution is 9.11. The van der Waals surface area contributed by atoms with Crippen molar-refractivity contribution in [1.29, 1.82) is 0 Å². The van der Waals surface area contributed by atoms with Gasteiger partial charge in [-0.1, -0.05) is 319 Å². The van der Waals surface area contributed by atoms with Gasteiger partial charge in [-0.15, -0.1) is 0 Å². The second-order valence-electron chi connectivity index (χ2n) is 29.9. The molecular weight excluding hydrogens is 1550 g/mol. The first-order chi connectivity index (χ1) is 52.1. The number of halogens is 4. The highest BCUT2D eigenvalue weighted by Crippen LogP contribution is 2.70. The van der Waals surface area contributed by atoms with E-state index in [0.717, 1.165) is 51.3 Å². The normalized spacial score (nSPS) is 16.9. The van der Waals surface area contributed by atoms with E-state index in [1.165, 1.54) is 167 Å².